The van der Waals surface area contributed by atoms with Crippen LogP contribution in [0.1, 0.15) is 12.5 Å². The molecule has 0 spiro atoms. The van der Waals surface area contributed by atoms with Gasteiger partial charge < -0.3 is 4.18 Å². The zero-order valence-corrected chi connectivity index (χ0v) is 8.12. The molecule has 0 aromatic heterocycles. The molecule has 0 fully saturated rings. The van der Waals surface area contributed by atoms with Gasteiger partial charge in [0.2, 0.25) is 0 Å². The standard InChI is InChI=1S/C10H10O2S/c1-8(10(11)12-13)7-9-5-3-2-4-6-9/h2-7,13H,1H3/b8-7+. The van der Waals surface area contributed by atoms with E-state index in [1.165, 1.54) is 0 Å². The molecule has 0 saturated heterocycles. The number of hydrogen-bond acceptors (Lipinski definition) is 3. The van der Waals surface area contributed by atoms with Crippen molar-refractivity contribution in [3.05, 3.63) is 41.5 Å². The number of hydrogen-bond donors (Lipinski definition) is 1. The van der Waals surface area contributed by atoms with E-state index in [0.29, 0.717) is 5.57 Å². The van der Waals surface area contributed by atoms with E-state index in [1.54, 1.807) is 13.0 Å². The van der Waals surface area contributed by atoms with Crippen LogP contribution in [0.4, 0.5) is 0 Å². The molecular weight excluding hydrogens is 184 g/mol. The molecule has 3 heteroatoms. The van der Waals surface area contributed by atoms with Crippen LogP contribution in [0.25, 0.3) is 6.08 Å². The Morgan fingerprint density at radius 2 is 2.00 bits per heavy atom. The molecule has 0 aliphatic rings. The SMILES string of the molecule is C/C(=C\c1ccccc1)C(=O)OS. The van der Waals surface area contributed by atoms with Crippen molar-refractivity contribution in [2.24, 2.45) is 0 Å². The highest BCUT2D eigenvalue weighted by Crippen LogP contribution is 2.07. The third-order valence-electron chi connectivity index (χ3n) is 1.59. The lowest BCUT2D eigenvalue weighted by molar-refractivity contribution is -0.128. The van der Waals surface area contributed by atoms with Crippen LogP contribution in [0.15, 0.2) is 35.9 Å². The van der Waals surface area contributed by atoms with Crippen molar-refractivity contribution in [1.82, 2.24) is 0 Å². The normalized spacial score (nSPS) is 11.1. The predicted octanol–water partition coefficient (Wildman–Crippen LogP) is 2.48. The van der Waals surface area contributed by atoms with Gasteiger partial charge in [0.05, 0.1) is 0 Å². The average molecular weight is 194 g/mol. The highest BCUT2D eigenvalue weighted by atomic mass is 32.1. The smallest absolute Gasteiger partial charge is 0.345 e. The zero-order valence-electron chi connectivity index (χ0n) is 7.23. The van der Waals surface area contributed by atoms with Crippen molar-refractivity contribution < 1.29 is 8.98 Å². The van der Waals surface area contributed by atoms with Gasteiger partial charge in [0.1, 0.15) is 0 Å². The van der Waals surface area contributed by atoms with E-state index in [-0.39, 0.29) is 0 Å². The Hall–Kier alpha value is -1.22. The second-order valence-corrected chi connectivity index (χ2v) is 2.80. The Balaban J connectivity index is 2.83. The van der Waals surface area contributed by atoms with Crippen LogP contribution < -0.4 is 0 Å². The van der Waals surface area contributed by atoms with E-state index in [0.717, 1.165) is 5.56 Å². The van der Waals surface area contributed by atoms with Gasteiger partial charge in [-0.1, -0.05) is 30.3 Å². The summed E-state index contributed by atoms with van der Waals surface area (Å²) in [5.74, 6) is -0.424. The first-order chi connectivity index (χ1) is 6.24. The van der Waals surface area contributed by atoms with E-state index in [9.17, 15) is 4.79 Å². The van der Waals surface area contributed by atoms with Crippen LogP contribution in [-0.4, -0.2) is 5.97 Å². The van der Waals surface area contributed by atoms with Gasteiger partial charge in [-0.05, 0) is 18.6 Å². The summed E-state index contributed by atoms with van der Waals surface area (Å²) in [5, 5.41) is 0. The quantitative estimate of drug-likeness (QED) is 0.444. The van der Waals surface area contributed by atoms with Gasteiger partial charge in [0.25, 0.3) is 0 Å². The number of benzene rings is 1. The molecule has 0 radical (unpaired) electrons. The van der Waals surface area contributed by atoms with Crippen molar-refractivity contribution in [3.8, 4) is 0 Å². The Bertz CT molecular complexity index is 317. The van der Waals surface area contributed by atoms with Crippen molar-refractivity contribution in [3.63, 3.8) is 0 Å². The Morgan fingerprint density at radius 1 is 1.38 bits per heavy atom. The van der Waals surface area contributed by atoms with Gasteiger partial charge >= 0.3 is 5.97 Å². The van der Waals surface area contributed by atoms with Crippen molar-refractivity contribution in [1.29, 1.82) is 0 Å². The first-order valence-corrected chi connectivity index (χ1v) is 4.19. The third-order valence-corrected chi connectivity index (χ3v) is 1.75. The maximum atomic E-state index is 10.9. The molecule has 1 aromatic carbocycles. The monoisotopic (exact) mass is 194 g/mol. The molecule has 13 heavy (non-hydrogen) atoms. The molecule has 0 saturated carbocycles. The van der Waals surface area contributed by atoms with Gasteiger partial charge in [-0.25, -0.2) is 4.79 Å². The molecule has 0 heterocycles. The molecule has 0 aliphatic carbocycles. The fourth-order valence-electron chi connectivity index (χ4n) is 0.930. The summed E-state index contributed by atoms with van der Waals surface area (Å²) >= 11 is 3.43. The molecule has 1 rings (SSSR count). The minimum Gasteiger partial charge on any atom is -0.391 e. The van der Waals surface area contributed by atoms with E-state index >= 15 is 0 Å². The van der Waals surface area contributed by atoms with E-state index in [4.69, 9.17) is 0 Å². The molecule has 0 aliphatic heterocycles. The maximum Gasteiger partial charge on any atom is 0.345 e. The van der Waals surface area contributed by atoms with Crippen LogP contribution in [0, 0.1) is 0 Å². The van der Waals surface area contributed by atoms with Crippen molar-refractivity contribution in [2.45, 2.75) is 6.92 Å². The number of carbonyl (C=O) groups is 1. The van der Waals surface area contributed by atoms with Gasteiger partial charge in [0, 0.05) is 18.5 Å². The molecule has 0 atom stereocenters. The largest absolute Gasteiger partial charge is 0.391 e. The van der Waals surface area contributed by atoms with Crippen LogP contribution in [0.5, 0.6) is 0 Å². The Labute approximate surface area is 82.8 Å². The van der Waals surface area contributed by atoms with Gasteiger partial charge in [-0.15, -0.1) is 0 Å². The van der Waals surface area contributed by atoms with Gasteiger partial charge in [-0.2, -0.15) is 0 Å². The second-order valence-electron chi connectivity index (χ2n) is 2.62. The summed E-state index contributed by atoms with van der Waals surface area (Å²) < 4.78 is 4.27. The number of rotatable bonds is 2. The summed E-state index contributed by atoms with van der Waals surface area (Å²) in [6.07, 6.45) is 1.75. The van der Waals surface area contributed by atoms with Crippen LogP contribution >= 0.6 is 12.9 Å². The topological polar surface area (TPSA) is 26.3 Å². The third kappa shape index (κ3) is 2.95. The molecule has 0 unspecified atom stereocenters. The summed E-state index contributed by atoms with van der Waals surface area (Å²) in [7, 11) is 0. The lowest BCUT2D eigenvalue weighted by Crippen LogP contribution is -1.97. The summed E-state index contributed by atoms with van der Waals surface area (Å²) in [6.45, 7) is 1.69. The average Bonchev–Trinajstić information content (AvgIpc) is 2.18. The highest BCUT2D eigenvalue weighted by Gasteiger charge is 2.02. The van der Waals surface area contributed by atoms with Gasteiger partial charge in [0.15, 0.2) is 0 Å². The predicted molar refractivity (Wildman–Crippen MR) is 55.2 cm³/mol. The van der Waals surface area contributed by atoms with E-state index < -0.39 is 5.97 Å². The summed E-state index contributed by atoms with van der Waals surface area (Å²) in [4.78, 5) is 10.9. The zero-order chi connectivity index (χ0) is 9.68. The maximum absolute atomic E-state index is 10.9. The van der Waals surface area contributed by atoms with Crippen LogP contribution in [-0.2, 0) is 8.98 Å². The lowest BCUT2D eigenvalue weighted by atomic mass is 10.1. The Kier molecular flexibility index (Phi) is 3.58. The molecule has 0 bridgehead atoms. The Morgan fingerprint density at radius 3 is 2.54 bits per heavy atom. The number of thiol groups is 1. The fourth-order valence-corrected chi connectivity index (χ4v) is 1.07. The number of carbonyl (C=O) groups excluding carboxylic acids is 1. The molecule has 2 nitrogen and oxygen atoms in total. The molecular formula is C10H10O2S. The summed E-state index contributed by atoms with van der Waals surface area (Å²) in [6, 6.07) is 9.56. The van der Waals surface area contributed by atoms with Crippen LogP contribution in [0.3, 0.4) is 0 Å². The van der Waals surface area contributed by atoms with E-state index in [2.05, 4.69) is 17.1 Å². The van der Waals surface area contributed by atoms with Crippen molar-refractivity contribution in [2.75, 3.05) is 0 Å². The molecule has 0 amide bonds. The first kappa shape index (κ1) is 9.86. The van der Waals surface area contributed by atoms with Crippen LogP contribution in [0.2, 0.25) is 0 Å². The minimum absolute atomic E-state index is 0.424. The molecule has 0 N–H and O–H groups in total. The molecule has 68 valence electrons. The lowest BCUT2D eigenvalue weighted by Gasteiger charge is -1.96. The van der Waals surface area contributed by atoms with Gasteiger partial charge in [-0.3, -0.25) is 0 Å². The first-order valence-electron chi connectivity index (χ1n) is 3.83. The minimum atomic E-state index is -0.424. The molecule has 1 aromatic rings. The summed E-state index contributed by atoms with van der Waals surface area (Å²) in [5.41, 5.74) is 1.50. The fraction of sp³-hybridized carbons (Fsp3) is 0.100. The van der Waals surface area contributed by atoms with Crippen molar-refractivity contribution >= 4 is 25.0 Å². The second kappa shape index (κ2) is 4.72. The van der Waals surface area contributed by atoms with E-state index in [1.807, 2.05) is 30.3 Å². The highest BCUT2D eigenvalue weighted by molar-refractivity contribution is 7.75.